The van der Waals surface area contributed by atoms with E-state index < -0.39 is 6.36 Å². The van der Waals surface area contributed by atoms with Crippen LogP contribution in [0.2, 0.25) is 5.15 Å². The molecule has 10 heteroatoms. The summed E-state index contributed by atoms with van der Waals surface area (Å²) in [6.07, 6.45) is -4.75. The molecule has 3 aromatic rings. The quantitative estimate of drug-likeness (QED) is 0.435. The highest BCUT2D eigenvalue weighted by atomic mass is 35.5. The van der Waals surface area contributed by atoms with Crippen LogP contribution in [0.1, 0.15) is 5.69 Å². The molecule has 2 aromatic heterocycles. The fourth-order valence-corrected chi connectivity index (χ4v) is 2.35. The lowest BCUT2D eigenvalue weighted by Gasteiger charge is -2.08. The third kappa shape index (κ3) is 3.82. The molecule has 130 valence electrons. The van der Waals surface area contributed by atoms with Gasteiger partial charge in [-0.25, -0.2) is 14.7 Å². The first kappa shape index (κ1) is 17.0. The Balaban J connectivity index is 1.92. The summed E-state index contributed by atoms with van der Waals surface area (Å²) >= 11 is 5.86. The zero-order chi connectivity index (χ0) is 18.2. The summed E-state index contributed by atoms with van der Waals surface area (Å²) in [5, 5.41) is 5.23. The number of aliphatic imine (C=N–C) groups is 1. The molecular weight excluding hydrogens is 359 g/mol. The minimum Gasteiger partial charge on any atom is -0.406 e. The van der Waals surface area contributed by atoms with Gasteiger partial charge in [-0.05, 0) is 36.4 Å². The summed E-state index contributed by atoms with van der Waals surface area (Å²) in [6.45, 7) is 0. The van der Waals surface area contributed by atoms with Gasteiger partial charge in [-0.3, -0.25) is 0 Å². The van der Waals surface area contributed by atoms with E-state index in [9.17, 15) is 13.2 Å². The Bertz CT molecular complexity index is 950. The minimum absolute atomic E-state index is 0.0965. The molecule has 0 amide bonds. The van der Waals surface area contributed by atoms with Crippen LogP contribution < -0.4 is 10.5 Å². The number of nitrogens with two attached hydrogens (primary N) is 1. The molecule has 0 bridgehead atoms. The monoisotopic (exact) mass is 369 g/mol. The average molecular weight is 370 g/mol. The van der Waals surface area contributed by atoms with E-state index in [0.29, 0.717) is 27.6 Å². The van der Waals surface area contributed by atoms with Gasteiger partial charge in [-0.15, -0.1) is 13.2 Å². The SMILES string of the molecule is Cn1nc(C(N)=Nc2ccc(OC(F)(F)F)cc2)c2ccc(Cl)nc21. The maximum atomic E-state index is 12.2. The van der Waals surface area contributed by atoms with E-state index in [4.69, 9.17) is 17.3 Å². The van der Waals surface area contributed by atoms with Gasteiger partial charge in [-0.1, -0.05) is 11.6 Å². The van der Waals surface area contributed by atoms with Gasteiger partial charge in [0.15, 0.2) is 11.5 Å². The number of fused-ring (bicyclic) bond motifs is 1. The summed E-state index contributed by atoms with van der Waals surface area (Å²) in [5.41, 5.74) is 7.28. The minimum atomic E-state index is -4.75. The topological polar surface area (TPSA) is 78.3 Å². The van der Waals surface area contributed by atoms with Gasteiger partial charge in [0.05, 0.1) is 11.1 Å². The molecule has 0 spiro atoms. The Hall–Kier alpha value is -2.81. The van der Waals surface area contributed by atoms with Crippen molar-refractivity contribution in [3.05, 3.63) is 47.2 Å². The smallest absolute Gasteiger partial charge is 0.406 e. The van der Waals surface area contributed by atoms with Crippen molar-refractivity contribution in [2.45, 2.75) is 6.36 Å². The highest BCUT2D eigenvalue weighted by Gasteiger charge is 2.30. The zero-order valence-electron chi connectivity index (χ0n) is 12.8. The maximum Gasteiger partial charge on any atom is 0.573 e. The molecule has 0 aliphatic rings. The molecule has 3 rings (SSSR count). The van der Waals surface area contributed by atoms with Crippen molar-refractivity contribution in [2.75, 3.05) is 0 Å². The van der Waals surface area contributed by atoms with Gasteiger partial charge >= 0.3 is 6.36 Å². The lowest BCUT2D eigenvalue weighted by atomic mass is 10.2. The third-order valence-electron chi connectivity index (χ3n) is 3.22. The Morgan fingerprint density at radius 3 is 2.52 bits per heavy atom. The predicted octanol–water partition coefficient (Wildman–Crippen LogP) is 3.56. The van der Waals surface area contributed by atoms with E-state index >= 15 is 0 Å². The van der Waals surface area contributed by atoms with Crippen LogP contribution in [0.15, 0.2) is 41.4 Å². The van der Waals surface area contributed by atoms with Gasteiger partial charge in [0.2, 0.25) is 0 Å². The third-order valence-corrected chi connectivity index (χ3v) is 3.43. The Morgan fingerprint density at radius 2 is 1.88 bits per heavy atom. The summed E-state index contributed by atoms with van der Waals surface area (Å²) < 4.78 is 41.8. The second kappa shape index (κ2) is 6.25. The maximum absolute atomic E-state index is 12.2. The highest BCUT2D eigenvalue weighted by Crippen LogP contribution is 2.25. The molecular formula is C15H11ClF3N5O. The average Bonchev–Trinajstić information content (AvgIpc) is 2.84. The fraction of sp³-hybridized carbons (Fsp3) is 0.133. The van der Waals surface area contributed by atoms with Crippen molar-refractivity contribution >= 4 is 34.2 Å². The predicted molar refractivity (Wildman–Crippen MR) is 87.0 cm³/mol. The number of halogens is 4. The molecule has 0 unspecified atom stereocenters. The molecule has 0 aliphatic heterocycles. The van der Waals surface area contributed by atoms with Gasteiger partial charge in [0, 0.05) is 7.05 Å². The first-order valence-corrected chi connectivity index (χ1v) is 7.30. The van der Waals surface area contributed by atoms with Crippen LogP contribution in [0.4, 0.5) is 18.9 Å². The number of rotatable bonds is 3. The molecule has 1 aromatic carbocycles. The number of nitrogens with zero attached hydrogens (tertiary/aromatic N) is 4. The fourth-order valence-electron chi connectivity index (χ4n) is 2.21. The molecule has 0 radical (unpaired) electrons. The number of amidine groups is 1. The Kier molecular flexibility index (Phi) is 4.25. The van der Waals surface area contributed by atoms with Crippen molar-refractivity contribution in [3.8, 4) is 5.75 Å². The van der Waals surface area contributed by atoms with E-state index in [1.54, 1.807) is 19.2 Å². The molecule has 25 heavy (non-hydrogen) atoms. The Labute approximate surface area is 144 Å². The van der Waals surface area contributed by atoms with Crippen molar-refractivity contribution in [2.24, 2.45) is 17.8 Å². The van der Waals surface area contributed by atoms with E-state index in [1.165, 1.54) is 16.8 Å². The number of ether oxygens (including phenoxy) is 1. The molecule has 0 fully saturated rings. The zero-order valence-corrected chi connectivity index (χ0v) is 13.5. The number of hydrogen-bond donors (Lipinski definition) is 1. The van der Waals surface area contributed by atoms with Gasteiger partial charge in [-0.2, -0.15) is 5.10 Å². The molecule has 0 atom stereocenters. The first-order chi connectivity index (χ1) is 11.7. The second-order valence-corrected chi connectivity index (χ2v) is 5.40. The molecule has 2 N–H and O–H groups in total. The van der Waals surface area contributed by atoms with Crippen LogP contribution in [0.25, 0.3) is 11.0 Å². The van der Waals surface area contributed by atoms with Gasteiger partial charge in [0.1, 0.15) is 16.6 Å². The molecule has 6 nitrogen and oxygen atoms in total. The van der Waals surface area contributed by atoms with Crippen LogP contribution in [0.3, 0.4) is 0 Å². The number of hydrogen-bond acceptors (Lipinski definition) is 4. The van der Waals surface area contributed by atoms with E-state index in [0.717, 1.165) is 12.1 Å². The van der Waals surface area contributed by atoms with E-state index in [1.807, 2.05) is 0 Å². The highest BCUT2D eigenvalue weighted by molar-refractivity contribution is 6.29. The summed E-state index contributed by atoms with van der Waals surface area (Å²) in [7, 11) is 1.69. The van der Waals surface area contributed by atoms with Gasteiger partial charge < -0.3 is 10.5 Å². The number of benzene rings is 1. The number of alkyl halides is 3. The van der Waals surface area contributed by atoms with Crippen LogP contribution in [-0.2, 0) is 7.05 Å². The molecule has 2 heterocycles. The second-order valence-electron chi connectivity index (χ2n) is 5.02. The van der Waals surface area contributed by atoms with E-state index in [-0.39, 0.29) is 11.6 Å². The van der Waals surface area contributed by atoms with Crippen molar-refractivity contribution in [3.63, 3.8) is 0 Å². The Morgan fingerprint density at radius 1 is 1.20 bits per heavy atom. The van der Waals surface area contributed by atoms with Crippen molar-refractivity contribution < 1.29 is 17.9 Å². The standard InChI is InChI=1S/C15H11ClF3N5O/c1-24-14-10(6-7-11(16)22-14)12(23-24)13(20)21-8-2-4-9(5-3-8)25-15(17,18)19/h2-7H,1H3,(H2,20,21). The molecule has 0 saturated heterocycles. The van der Waals surface area contributed by atoms with Crippen molar-refractivity contribution in [1.82, 2.24) is 14.8 Å². The van der Waals surface area contributed by atoms with Crippen LogP contribution in [0.5, 0.6) is 5.75 Å². The van der Waals surface area contributed by atoms with E-state index in [2.05, 4.69) is 19.8 Å². The molecule has 0 aliphatic carbocycles. The molecule has 0 saturated carbocycles. The number of aryl methyl sites for hydroxylation is 1. The number of aromatic nitrogens is 3. The largest absolute Gasteiger partial charge is 0.573 e. The summed E-state index contributed by atoms with van der Waals surface area (Å²) in [5.74, 6) is -0.244. The van der Waals surface area contributed by atoms with Crippen LogP contribution in [-0.4, -0.2) is 27.0 Å². The normalized spacial score (nSPS) is 12.6. The van der Waals surface area contributed by atoms with Gasteiger partial charge in [0.25, 0.3) is 0 Å². The lowest BCUT2D eigenvalue weighted by molar-refractivity contribution is -0.274. The van der Waals surface area contributed by atoms with Crippen LogP contribution >= 0.6 is 11.6 Å². The summed E-state index contributed by atoms with van der Waals surface area (Å²) in [4.78, 5) is 8.34. The first-order valence-electron chi connectivity index (χ1n) is 6.92. The number of pyridine rings is 1. The summed E-state index contributed by atoms with van der Waals surface area (Å²) in [6, 6.07) is 8.33. The van der Waals surface area contributed by atoms with Crippen molar-refractivity contribution in [1.29, 1.82) is 0 Å². The van der Waals surface area contributed by atoms with Crippen LogP contribution in [0, 0.1) is 0 Å². The lowest BCUT2D eigenvalue weighted by Crippen LogP contribution is -2.17.